The van der Waals surface area contributed by atoms with Gasteiger partial charge in [0, 0.05) is 5.39 Å². The van der Waals surface area contributed by atoms with Crippen LogP contribution in [0.15, 0.2) is 48.5 Å². The fraction of sp³-hybridized carbons (Fsp3) is 0.111. The maximum atomic E-state index is 12.7. The number of hydrogen-bond acceptors (Lipinski definition) is 5. The molecule has 0 aliphatic heterocycles. The minimum atomic E-state index is -0.501. The Balaban J connectivity index is 1.78. The highest BCUT2D eigenvalue weighted by Crippen LogP contribution is 2.23. The smallest absolute Gasteiger partial charge is 0.312 e. The summed E-state index contributed by atoms with van der Waals surface area (Å²) in [5.74, 6) is -0.501. The van der Waals surface area contributed by atoms with E-state index in [0.29, 0.717) is 22.3 Å². The molecule has 6 heteroatoms. The van der Waals surface area contributed by atoms with Gasteiger partial charge in [-0.15, -0.1) is 5.10 Å². The maximum Gasteiger partial charge on any atom is 0.367 e. The van der Waals surface area contributed by atoms with Crippen LogP contribution in [-0.2, 0) is 0 Å². The second-order valence-corrected chi connectivity index (χ2v) is 5.54. The van der Waals surface area contributed by atoms with Crippen molar-refractivity contribution in [1.82, 2.24) is 20.1 Å². The van der Waals surface area contributed by atoms with Gasteiger partial charge in [-0.25, -0.2) is 4.79 Å². The van der Waals surface area contributed by atoms with E-state index in [-0.39, 0.29) is 0 Å². The molecular weight excluding hydrogens is 304 g/mol. The van der Waals surface area contributed by atoms with Gasteiger partial charge in [-0.2, -0.15) is 0 Å². The first kappa shape index (κ1) is 14.3. The number of benzene rings is 2. The summed E-state index contributed by atoms with van der Waals surface area (Å²) >= 11 is 0. The number of pyridine rings is 1. The van der Waals surface area contributed by atoms with E-state index in [0.717, 1.165) is 21.3 Å². The number of fused-ring (bicyclic) bond motifs is 2. The van der Waals surface area contributed by atoms with E-state index >= 15 is 0 Å². The van der Waals surface area contributed by atoms with Crippen molar-refractivity contribution < 1.29 is 9.63 Å². The van der Waals surface area contributed by atoms with Crippen LogP contribution >= 0.6 is 0 Å². The Kier molecular flexibility index (Phi) is 3.23. The molecular formula is C18H14N4O2. The summed E-state index contributed by atoms with van der Waals surface area (Å²) in [5, 5.41) is 8.80. The fourth-order valence-corrected chi connectivity index (χ4v) is 2.87. The van der Waals surface area contributed by atoms with E-state index < -0.39 is 5.97 Å². The predicted molar refractivity (Wildman–Crippen MR) is 89.7 cm³/mol. The first-order valence-electron chi connectivity index (χ1n) is 7.54. The Labute approximate surface area is 137 Å². The number of rotatable bonds is 2. The van der Waals surface area contributed by atoms with Crippen LogP contribution in [0, 0.1) is 13.8 Å². The third kappa shape index (κ3) is 2.20. The summed E-state index contributed by atoms with van der Waals surface area (Å²) in [5.41, 5.74) is 4.07. The molecule has 24 heavy (non-hydrogen) atoms. The molecule has 2 aromatic carbocycles. The minimum Gasteiger partial charge on any atom is -0.312 e. The van der Waals surface area contributed by atoms with Gasteiger partial charge in [-0.3, -0.25) is 4.98 Å². The Bertz CT molecular complexity index is 1080. The number of carbonyl (C=O) groups is 1. The van der Waals surface area contributed by atoms with Gasteiger partial charge in [-0.1, -0.05) is 35.2 Å². The average molecular weight is 318 g/mol. The highest BCUT2D eigenvalue weighted by molar-refractivity contribution is 5.98. The third-order valence-corrected chi connectivity index (χ3v) is 4.03. The number of hydrogen-bond donors (Lipinski definition) is 0. The summed E-state index contributed by atoms with van der Waals surface area (Å²) in [6.07, 6.45) is 0. The Morgan fingerprint density at radius 3 is 2.54 bits per heavy atom. The molecule has 4 aromatic rings. The number of carbonyl (C=O) groups excluding carboxylic acids is 1. The van der Waals surface area contributed by atoms with Crippen LogP contribution < -0.4 is 4.84 Å². The van der Waals surface area contributed by atoms with Crippen molar-refractivity contribution in [3.63, 3.8) is 0 Å². The van der Waals surface area contributed by atoms with Crippen molar-refractivity contribution in [2.24, 2.45) is 0 Å². The zero-order valence-corrected chi connectivity index (χ0v) is 13.2. The minimum absolute atomic E-state index is 0.452. The van der Waals surface area contributed by atoms with Crippen LogP contribution in [0.2, 0.25) is 0 Å². The van der Waals surface area contributed by atoms with E-state index in [1.807, 2.05) is 43.3 Å². The number of para-hydroxylation sites is 2. The van der Waals surface area contributed by atoms with Gasteiger partial charge >= 0.3 is 5.97 Å². The van der Waals surface area contributed by atoms with Crippen molar-refractivity contribution in [2.75, 3.05) is 0 Å². The molecule has 6 nitrogen and oxygen atoms in total. The van der Waals surface area contributed by atoms with Crippen molar-refractivity contribution >= 4 is 27.9 Å². The van der Waals surface area contributed by atoms with Crippen LogP contribution in [0.5, 0.6) is 0 Å². The molecule has 0 unspecified atom stereocenters. The molecule has 0 bridgehead atoms. The van der Waals surface area contributed by atoms with Crippen molar-refractivity contribution in [1.29, 1.82) is 0 Å². The largest absolute Gasteiger partial charge is 0.367 e. The van der Waals surface area contributed by atoms with Crippen LogP contribution in [0.25, 0.3) is 21.9 Å². The topological polar surface area (TPSA) is 69.9 Å². The van der Waals surface area contributed by atoms with E-state index in [9.17, 15) is 4.79 Å². The SMILES string of the molecule is Cc1nc2ccccc2c(C)c1C(=O)On1nnc2ccccc21. The second kappa shape index (κ2) is 5.42. The van der Waals surface area contributed by atoms with Gasteiger partial charge in [0.15, 0.2) is 0 Å². The van der Waals surface area contributed by atoms with E-state index in [4.69, 9.17) is 4.84 Å². The summed E-state index contributed by atoms with van der Waals surface area (Å²) in [4.78, 5) is 23.8. The molecule has 118 valence electrons. The molecule has 0 aliphatic carbocycles. The summed E-state index contributed by atoms with van der Waals surface area (Å²) in [6.45, 7) is 3.70. The molecule has 0 amide bonds. The average Bonchev–Trinajstić information content (AvgIpc) is 2.98. The molecule has 0 N–H and O–H groups in total. The van der Waals surface area contributed by atoms with Gasteiger partial charge in [0.2, 0.25) is 0 Å². The quantitative estimate of drug-likeness (QED) is 0.532. The van der Waals surface area contributed by atoms with Crippen LogP contribution in [0.4, 0.5) is 0 Å². The Morgan fingerprint density at radius 1 is 1.00 bits per heavy atom. The van der Waals surface area contributed by atoms with Gasteiger partial charge in [0.05, 0.1) is 16.8 Å². The molecule has 0 spiro atoms. The lowest BCUT2D eigenvalue weighted by molar-refractivity contribution is 0.0407. The lowest BCUT2D eigenvalue weighted by atomic mass is 10.0. The standard InChI is InChI=1S/C18H14N4O2/c1-11-13-7-3-4-8-14(13)19-12(2)17(11)18(23)24-22-16-10-6-5-9-15(16)20-21-22/h3-10H,1-2H3. The molecule has 0 radical (unpaired) electrons. The summed E-state index contributed by atoms with van der Waals surface area (Å²) in [7, 11) is 0. The zero-order valence-electron chi connectivity index (χ0n) is 13.2. The van der Waals surface area contributed by atoms with Crippen LogP contribution in [0.1, 0.15) is 21.6 Å². The fourth-order valence-electron chi connectivity index (χ4n) is 2.87. The summed E-state index contributed by atoms with van der Waals surface area (Å²) in [6, 6.07) is 15.0. The summed E-state index contributed by atoms with van der Waals surface area (Å²) < 4.78 is 0. The molecule has 2 aromatic heterocycles. The monoisotopic (exact) mass is 318 g/mol. The molecule has 0 saturated carbocycles. The van der Waals surface area contributed by atoms with Crippen molar-refractivity contribution in [2.45, 2.75) is 13.8 Å². The van der Waals surface area contributed by atoms with Gasteiger partial charge in [-0.05, 0) is 42.8 Å². The van der Waals surface area contributed by atoms with E-state index in [1.165, 1.54) is 0 Å². The lowest BCUT2D eigenvalue weighted by Crippen LogP contribution is -2.23. The maximum absolute atomic E-state index is 12.7. The van der Waals surface area contributed by atoms with Gasteiger partial charge in [0.1, 0.15) is 11.0 Å². The number of nitrogens with zero attached hydrogens (tertiary/aromatic N) is 4. The van der Waals surface area contributed by atoms with Crippen LogP contribution in [-0.4, -0.2) is 26.1 Å². The lowest BCUT2D eigenvalue weighted by Gasteiger charge is -2.11. The van der Waals surface area contributed by atoms with Crippen molar-refractivity contribution in [3.8, 4) is 0 Å². The highest BCUT2D eigenvalue weighted by atomic mass is 16.7. The molecule has 0 aliphatic rings. The zero-order chi connectivity index (χ0) is 16.7. The Morgan fingerprint density at radius 2 is 1.71 bits per heavy atom. The predicted octanol–water partition coefficient (Wildman–Crippen LogP) is 2.87. The first-order valence-corrected chi connectivity index (χ1v) is 7.54. The van der Waals surface area contributed by atoms with E-state index in [2.05, 4.69) is 15.3 Å². The van der Waals surface area contributed by atoms with Gasteiger partial charge < -0.3 is 4.84 Å². The number of aryl methyl sites for hydroxylation is 2. The second-order valence-electron chi connectivity index (χ2n) is 5.54. The molecule has 4 rings (SSSR count). The number of aromatic nitrogens is 4. The third-order valence-electron chi connectivity index (χ3n) is 4.03. The van der Waals surface area contributed by atoms with E-state index in [1.54, 1.807) is 19.1 Å². The normalized spacial score (nSPS) is 11.1. The Hall–Kier alpha value is -3.28. The molecule has 0 saturated heterocycles. The highest BCUT2D eigenvalue weighted by Gasteiger charge is 2.20. The molecule has 0 fully saturated rings. The first-order chi connectivity index (χ1) is 11.6. The van der Waals surface area contributed by atoms with Gasteiger partial charge in [0.25, 0.3) is 0 Å². The van der Waals surface area contributed by atoms with Crippen LogP contribution in [0.3, 0.4) is 0 Å². The molecule has 0 atom stereocenters. The molecule has 2 heterocycles. The van der Waals surface area contributed by atoms with Crippen molar-refractivity contribution in [3.05, 3.63) is 65.4 Å².